The summed E-state index contributed by atoms with van der Waals surface area (Å²) < 4.78 is 13.8. The fourth-order valence-electron chi connectivity index (χ4n) is 2.19. The summed E-state index contributed by atoms with van der Waals surface area (Å²) in [4.78, 5) is 11.7. The number of hydrogen-bond acceptors (Lipinski definition) is 4. The van der Waals surface area contributed by atoms with Gasteiger partial charge in [0.2, 0.25) is 5.82 Å². The monoisotopic (exact) mass is 254 g/mol. The van der Waals surface area contributed by atoms with E-state index >= 15 is 0 Å². The fourth-order valence-corrected chi connectivity index (χ4v) is 2.19. The summed E-state index contributed by atoms with van der Waals surface area (Å²) in [6.45, 7) is 3.14. The SMILES string of the molecule is CCC1(O)CN(Cc2cccc([N+](=O)[O-])c2F)C1. The summed E-state index contributed by atoms with van der Waals surface area (Å²) in [5, 5.41) is 20.4. The molecule has 1 aliphatic heterocycles. The molecule has 5 nitrogen and oxygen atoms in total. The third-order valence-electron chi connectivity index (χ3n) is 3.34. The zero-order valence-corrected chi connectivity index (χ0v) is 10.1. The second-order valence-electron chi connectivity index (χ2n) is 4.73. The number of benzene rings is 1. The maximum Gasteiger partial charge on any atom is 0.305 e. The van der Waals surface area contributed by atoms with Gasteiger partial charge < -0.3 is 5.11 Å². The maximum atomic E-state index is 13.8. The van der Waals surface area contributed by atoms with Crippen molar-refractivity contribution < 1.29 is 14.4 Å². The Hall–Kier alpha value is -1.53. The van der Waals surface area contributed by atoms with E-state index in [2.05, 4.69) is 0 Å². The van der Waals surface area contributed by atoms with E-state index in [4.69, 9.17) is 0 Å². The lowest BCUT2D eigenvalue weighted by atomic mass is 9.91. The third kappa shape index (κ3) is 2.34. The van der Waals surface area contributed by atoms with E-state index in [0.29, 0.717) is 25.1 Å². The number of nitro groups is 1. The van der Waals surface area contributed by atoms with Crippen molar-refractivity contribution in [2.75, 3.05) is 13.1 Å². The van der Waals surface area contributed by atoms with Gasteiger partial charge in [0.25, 0.3) is 0 Å². The maximum absolute atomic E-state index is 13.8. The van der Waals surface area contributed by atoms with E-state index in [1.54, 1.807) is 0 Å². The molecule has 1 saturated heterocycles. The van der Waals surface area contributed by atoms with Crippen LogP contribution in [0.2, 0.25) is 0 Å². The Balaban J connectivity index is 2.08. The summed E-state index contributed by atoms with van der Waals surface area (Å²) in [7, 11) is 0. The fraction of sp³-hybridized carbons (Fsp3) is 0.500. The molecule has 1 fully saturated rings. The van der Waals surface area contributed by atoms with Crippen molar-refractivity contribution in [2.24, 2.45) is 0 Å². The van der Waals surface area contributed by atoms with E-state index in [-0.39, 0.29) is 6.54 Å². The molecule has 1 heterocycles. The predicted molar refractivity (Wildman–Crippen MR) is 63.6 cm³/mol. The first-order valence-electron chi connectivity index (χ1n) is 5.82. The molecule has 98 valence electrons. The van der Waals surface area contributed by atoms with Crippen molar-refractivity contribution in [3.8, 4) is 0 Å². The molecule has 18 heavy (non-hydrogen) atoms. The van der Waals surface area contributed by atoms with Gasteiger partial charge in [-0.2, -0.15) is 4.39 Å². The number of nitrogens with zero attached hydrogens (tertiary/aromatic N) is 2. The molecule has 1 aromatic carbocycles. The lowest BCUT2D eigenvalue weighted by Crippen LogP contribution is -2.60. The molecule has 0 radical (unpaired) electrons. The molecular weight excluding hydrogens is 239 g/mol. The number of halogens is 1. The Kier molecular flexibility index (Phi) is 3.32. The molecule has 1 aromatic rings. The molecule has 0 aliphatic carbocycles. The first kappa shape index (κ1) is 12.9. The zero-order valence-electron chi connectivity index (χ0n) is 10.1. The topological polar surface area (TPSA) is 66.6 Å². The van der Waals surface area contributed by atoms with Crippen LogP contribution in [0.1, 0.15) is 18.9 Å². The molecule has 6 heteroatoms. The molecule has 1 N–H and O–H groups in total. The average molecular weight is 254 g/mol. The first-order valence-corrected chi connectivity index (χ1v) is 5.82. The van der Waals surface area contributed by atoms with E-state index in [0.717, 1.165) is 6.07 Å². The van der Waals surface area contributed by atoms with Gasteiger partial charge in [-0.1, -0.05) is 19.1 Å². The zero-order chi connectivity index (χ0) is 13.3. The highest BCUT2D eigenvalue weighted by molar-refractivity contribution is 5.36. The van der Waals surface area contributed by atoms with Gasteiger partial charge in [-0.3, -0.25) is 15.0 Å². The second kappa shape index (κ2) is 4.62. The van der Waals surface area contributed by atoms with Gasteiger partial charge in [-0.25, -0.2) is 0 Å². The van der Waals surface area contributed by atoms with Gasteiger partial charge in [0.15, 0.2) is 0 Å². The number of likely N-dealkylation sites (tertiary alicyclic amines) is 1. The van der Waals surface area contributed by atoms with Crippen LogP contribution in [0.5, 0.6) is 0 Å². The highest BCUT2D eigenvalue weighted by Crippen LogP contribution is 2.28. The normalized spacial score (nSPS) is 18.4. The van der Waals surface area contributed by atoms with Gasteiger partial charge in [0, 0.05) is 31.3 Å². The van der Waals surface area contributed by atoms with Crippen LogP contribution in [0.25, 0.3) is 0 Å². The third-order valence-corrected chi connectivity index (χ3v) is 3.34. The van der Waals surface area contributed by atoms with E-state index in [1.807, 2.05) is 11.8 Å². The van der Waals surface area contributed by atoms with Crippen LogP contribution in [-0.4, -0.2) is 33.6 Å². The quantitative estimate of drug-likeness (QED) is 0.656. The molecule has 0 amide bonds. The van der Waals surface area contributed by atoms with Gasteiger partial charge in [-0.15, -0.1) is 0 Å². The second-order valence-corrected chi connectivity index (χ2v) is 4.73. The van der Waals surface area contributed by atoms with Crippen LogP contribution < -0.4 is 0 Å². The Morgan fingerprint density at radius 1 is 1.56 bits per heavy atom. The Bertz CT molecular complexity index is 472. The summed E-state index contributed by atoms with van der Waals surface area (Å²) in [5.74, 6) is -0.783. The number of hydrogen-bond donors (Lipinski definition) is 1. The largest absolute Gasteiger partial charge is 0.387 e. The number of aliphatic hydroxyl groups is 1. The van der Waals surface area contributed by atoms with Gasteiger partial charge >= 0.3 is 5.69 Å². The van der Waals surface area contributed by atoms with Crippen molar-refractivity contribution in [3.05, 3.63) is 39.7 Å². The highest BCUT2D eigenvalue weighted by atomic mass is 19.1. The molecule has 0 unspecified atom stereocenters. The van der Waals surface area contributed by atoms with Crippen LogP contribution in [0.3, 0.4) is 0 Å². The molecule has 2 rings (SSSR count). The number of nitro benzene ring substituents is 1. The minimum Gasteiger partial charge on any atom is -0.387 e. The van der Waals surface area contributed by atoms with Gasteiger partial charge in [0.05, 0.1) is 10.5 Å². The van der Waals surface area contributed by atoms with Crippen molar-refractivity contribution in [1.29, 1.82) is 0 Å². The predicted octanol–water partition coefficient (Wildman–Crippen LogP) is 1.69. The Morgan fingerprint density at radius 2 is 2.22 bits per heavy atom. The van der Waals surface area contributed by atoms with E-state index < -0.39 is 22.0 Å². The van der Waals surface area contributed by atoms with Crippen LogP contribution >= 0.6 is 0 Å². The Morgan fingerprint density at radius 3 is 2.78 bits per heavy atom. The summed E-state index contributed by atoms with van der Waals surface area (Å²) in [6.07, 6.45) is 0.654. The van der Waals surface area contributed by atoms with Crippen LogP contribution in [-0.2, 0) is 6.54 Å². The number of β-amino-alcohol motifs (C(OH)–C–C–N with tert-alkyl or cyclic N) is 1. The van der Waals surface area contributed by atoms with Crippen molar-refractivity contribution >= 4 is 5.69 Å². The van der Waals surface area contributed by atoms with Crippen LogP contribution in [0.15, 0.2) is 18.2 Å². The molecule has 0 atom stereocenters. The molecule has 0 bridgehead atoms. The standard InChI is InChI=1S/C12H15FN2O3/c1-2-12(16)7-14(8-12)6-9-4-3-5-10(11(9)13)15(17)18/h3-5,16H,2,6-8H2,1H3. The molecular formula is C12H15FN2O3. The van der Waals surface area contributed by atoms with E-state index in [1.165, 1.54) is 12.1 Å². The summed E-state index contributed by atoms with van der Waals surface area (Å²) >= 11 is 0. The first-order chi connectivity index (χ1) is 8.45. The van der Waals surface area contributed by atoms with Crippen molar-refractivity contribution in [2.45, 2.75) is 25.5 Å². The average Bonchev–Trinajstić information content (AvgIpc) is 2.29. The summed E-state index contributed by atoms with van der Waals surface area (Å²) in [6, 6.07) is 4.16. The minimum absolute atomic E-state index is 0.288. The molecule has 0 spiro atoms. The van der Waals surface area contributed by atoms with E-state index in [9.17, 15) is 19.6 Å². The minimum atomic E-state index is -0.783. The van der Waals surface area contributed by atoms with Gasteiger partial charge in [-0.05, 0) is 6.42 Å². The van der Waals surface area contributed by atoms with Gasteiger partial charge in [0.1, 0.15) is 0 Å². The lowest BCUT2D eigenvalue weighted by molar-refractivity contribution is -0.387. The number of rotatable bonds is 4. The molecule has 0 aromatic heterocycles. The smallest absolute Gasteiger partial charge is 0.305 e. The van der Waals surface area contributed by atoms with Crippen molar-refractivity contribution in [3.63, 3.8) is 0 Å². The van der Waals surface area contributed by atoms with Crippen LogP contribution in [0.4, 0.5) is 10.1 Å². The molecule has 1 aliphatic rings. The summed E-state index contributed by atoms with van der Waals surface area (Å²) in [5.41, 5.74) is -0.891. The Labute approximate surface area is 104 Å². The molecule has 0 saturated carbocycles. The van der Waals surface area contributed by atoms with Crippen molar-refractivity contribution in [1.82, 2.24) is 4.90 Å². The lowest BCUT2D eigenvalue weighted by Gasteiger charge is -2.46. The highest BCUT2D eigenvalue weighted by Gasteiger charge is 2.39. The van der Waals surface area contributed by atoms with Crippen LogP contribution in [0, 0.1) is 15.9 Å².